The van der Waals surface area contributed by atoms with Gasteiger partial charge in [-0.2, -0.15) is 0 Å². The summed E-state index contributed by atoms with van der Waals surface area (Å²) in [6, 6.07) is 15.6. The Labute approximate surface area is 171 Å². The fraction of sp³-hybridized carbons (Fsp3) is 0.261. The molecule has 0 aliphatic heterocycles. The Bertz CT molecular complexity index is 988. The second-order valence-corrected chi connectivity index (χ2v) is 6.71. The highest BCUT2D eigenvalue weighted by atomic mass is 16.5. The number of carbonyl (C=O) groups excluding carboxylic acids is 1. The first kappa shape index (κ1) is 20.3. The summed E-state index contributed by atoms with van der Waals surface area (Å²) in [5.74, 6) is 0.997. The zero-order valence-electron chi connectivity index (χ0n) is 17.0. The number of rotatable bonds is 8. The Morgan fingerprint density at radius 2 is 1.97 bits per heavy atom. The van der Waals surface area contributed by atoms with Crippen LogP contribution in [-0.2, 0) is 12.8 Å². The molecule has 0 saturated heterocycles. The molecular formula is C23H26N4O2. The molecule has 1 aromatic heterocycles. The molecule has 0 unspecified atom stereocenters. The van der Waals surface area contributed by atoms with Crippen molar-refractivity contribution < 1.29 is 9.53 Å². The molecule has 29 heavy (non-hydrogen) atoms. The Hall–Kier alpha value is -3.41. The Morgan fingerprint density at radius 1 is 1.14 bits per heavy atom. The fourth-order valence-corrected chi connectivity index (χ4v) is 3.10. The Balaban J connectivity index is 1.64. The molecule has 0 bridgehead atoms. The summed E-state index contributed by atoms with van der Waals surface area (Å²) in [5, 5.41) is 6.18. The minimum Gasteiger partial charge on any atom is -0.497 e. The molecule has 0 radical (unpaired) electrons. The number of carbonyl (C=O) groups is 1. The highest BCUT2D eigenvalue weighted by molar-refractivity contribution is 5.92. The van der Waals surface area contributed by atoms with Crippen molar-refractivity contribution in [2.24, 2.45) is 0 Å². The van der Waals surface area contributed by atoms with Gasteiger partial charge in [-0.15, -0.1) is 0 Å². The number of aromatic nitrogens is 2. The number of amides is 1. The van der Waals surface area contributed by atoms with Gasteiger partial charge in [0.15, 0.2) is 0 Å². The van der Waals surface area contributed by atoms with Crippen LogP contribution in [0.4, 0.5) is 11.6 Å². The van der Waals surface area contributed by atoms with Gasteiger partial charge in [0.1, 0.15) is 11.4 Å². The molecule has 1 heterocycles. The van der Waals surface area contributed by atoms with E-state index in [4.69, 9.17) is 4.74 Å². The molecular weight excluding hydrogens is 364 g/mol. The van der Waals surface area contributed by atoms with Crippen molar-refractivity contribution in [1.82, 2.24) is 15.3 Å². The number of ether oxygens (including phenoxy) is 1. The normalized spacial score (nSPS) is 10.4. The monoisotopic (exact) mass is 390 g/mol. The summed E-state index contributed by atoms with van der Waals surface area (Å²) >= 11 is 0. The molecule has 0 atom stereocenters. The number of nitrogens with one attached hydrogen (secondary N) is 2. The number of methoxy groups -OCH3 is 1. The van der Waals surface area contributed by atoms with Crippen molar-refractivity contribution in [1.29, 1.82) is 0 Å². The third kappa shape index (κ3) is 5.31. The molecule has 2 N–H and O–H groups in total. The summed E-state index contributed by atoms with van der Waals surface area (Å²) in [4.78, 5) is 21.1. The molecule has 150 valence electrons. The Kier molecular flexibility index (Phi) is 6.79. The summed E-state index contributed by atoms with van der Waals surface area (Å²) < 4.78 is 5.23. The zero-order chi connectivity index (χ0) is 20.6. The topological polar surface area (TPSA) is 76.1 Å². The lowest BCUT2D eigenvalue weighted by Gasteiger charge is -2.13. The molecule has 0 saturated carbocycles. The van der Waals surface area contributed by atoms with E-state index in [1.807, 2.05) is 43.3 Å². The maximum Gasteiger partial charge on any atom is 0.270 e. The molecule has 3 aromatic rings. The number of nitrogens with zero attached hydrogens (tertiary/aromatic N) is 2. The van der Waals surface area contributed by atoms with Crippen LogP contribution in [0.3, 0.4) is 0 Å². The van der Waals surface area contributed by atoms with E-state index >= 15 is 0 Å². The third-order valence-corrected chi connectivity index (χ3v) is 4.70. The van der Waals surface area contributed by atoms with Crippen LogP contribution in [0, 0.1) is 6.92 Å². The van der Waals surface area contributed by atoms with Gasteiger partial charge in [-0.3, -0.25) is 4.79 Å². The van der Waals surface area contributed by atoms with Crippen molar-refractivity contribution in [3.8, 4) is 5.75 Å². The maximum atomic E-state index is 12.5. The SMILES string of the molecule is CCc1cccc(C)c1Nc1nccc(C(=O)NCCc2cccc(OC)c2)n1. The first-order chi connectivity index (χ1) is 14.1. The van der Waals surface area contributed by atoms with Gasteiger partial charge in [0.25, 0.3) is 5.91 Å². The molecule has 6 heteroatoms. The summed E-state index contributed by atoms with van der Waals surface area (Å²) in [6.45, 7) is 4.65. The molecule has 1 amide bonds. The zero-order valence-corrected chi connectivity index (χ0v) is 17.0. The van der Waals surface area contributed by atoms with Crippen LogP contribution in [0.2, 0.25) is 0 Å². The number of anilines is 2. The summed E-state index contributed by atoms with van der Waals surface area (Å²) in [6.07, 6.45) is 3.20. The predicted octanol–water partition coefficient (Wildman–Crippen LogP) is 4.07. The number of hydrogen-bond acceptors (Lipinski definition) is 5. The van der Waals surface area contributed by atoms with Gasteiger partial charge in [0, 0.05) is 18.4 Å². The van der Waals surface area contributed by atoms with Gasteiger partial charge < -0.3 is 15.4 Å². The molecule has 2 aromatic carbocycles. The second-order valence-electron chi connectivity index (χ2n) is 6.71. The van der Waals surface area contributed by atoms with Crippen molar-refractivity contribution in [2.75, 3.05) is 19.0 Å². The van der Waals surface area contributed by atoms with Crippen molar-refractivity contribution >= 4 is 17.5 Å². The van der Waals surface area contributed by atoms with E-state index in [1.165, 1.54) is 5.56 Å². The van der Waals surface area contributed by atoms with Gasteiger partial charge in [-0.25, -0.2) is 9.97 Å². The number of benzene rings is 2. The van der Waals surface area contributed by atoms with E-state index in [2.05, 4.69) is 33.6 Å². The van der Waals surface area contributed by atoms with Crippen LogP contribution < -0.4 is 15.4 Å². The minimum atomic E-state index is -0.223. The maximum absolute atomic E-state index is 12.5. The van der Waals surface area contributed by atoms with Gasteiger partial charge in [0.05, 0.1) is 7.11 Å². The third-order valence-electron chi connectivity index (χ3n) is 4.70. The average Bonchev–Trinajstić information content (AvgIpc) is 2.75. The second kappa shape index (κ2) is 9.68. The smallest absolute Gasteiger partial charge is 0.270 e. The lowest BCUT2D eigenvalue weighted by atomic mass is 10.1. The quantitative estimate of drug-likeness (QED) is 0.606. The van der Waals surface area contributed by atoms with Crippen LogP contribution in [0.1, 0.15) is 34.1 Å². The highest BCUT2D eigenvalue weighted by Gasteiger charge is 2.11. The molecule has 0 aliphatic rings. The molecule has 3 rings (SSSR count). The minimum absolute atomic E-state index is 0.223. The molecule has 0 fully saturated rings. The number of aryl methyl sites for hydroxylation is 2. The molecule has 0 spiro atoms. The predicted molar refractivity (Wildman–Crippen MR) is 115 cm³/mol. The average molecular weight is 390 g/mol. The van der Waals surface area contributed by atoms with E-state index in [0.717, 1.165) is 29.0 Å². The van der Waals surface area contributed by atoms with E-state index in [1.54, 1.807) is 19.4 Å². The van der Waals surface area contributed by atoms with Crippen LogP contribution in [-0.4, -0.2) is 29.5 Å². The lowest BCUT2D eigenvalue weighted by Crippen LogP contribution is -2.26. The molecule has 0 aliphatic carbocycles. The van der Waals surface area contributed by atoms with E-state index in [9.17, 15) is 4.79 Å². The summed E-state index contributed by atoms with van der Waals surface area (Å²) in [5.41, 5.74) is 4.72. The summed E-state index contributed by atoms with van der Waals surface area (Å²) in [7, 11) is 1.64. The van der Waals surface area contributed by atoms with E-state index < -0.39 is 0 Å². The first-order valence-corrected chi connectivity index (χ1v) is 9.70. The first-order valence-electron chi connectivity index (χ1n) is 9.70. The lowest BCUT2D eigenvalue weighted by molar-refractivity contribution is 0.0949. The van der Waals surface area contributed by atoms with Gasteiger partial charge >= 0.3 is 0 Å². The Morgan fingerprint density at radius 3 is 2.76 bits per heavy atom. The van der Waals surface area contributed by atoms with Crippen LogP contribution in [0.5, 0.6) is 5.75 Å². The number of para-hydroxylation sites is 1. The van der Waals surface area contributed by atoms with Crippen molar-refractivity contribution in [2.45, 2.75) is 26.7 Å². The highest BCUT2D eigenvalue weighted by Crippen LogP contribution is 2.23. The van der Waals surface area contributed by atoms with Crippen LogP contribution in [0.25, 0.3) is 0 Å². The van der Waals surface area contributed by atoms with Gasteiger partial charge in [-0.1, -0.05) is 37.3 Å². The standard InChI is InChI=1S/C23H26N4O2/c1-4-18-9-5-7-16(2)21(18)27-23-25-14-12-20(26-23)22(28)24-13-11-17-8-6-10-19(15-17)29-3/h5-10,12,14-15H,4,11,13H2,1-3H3,(H,24,28)(H,25,26,27). The van der Waals surface area contributed by atoms with Crippen LogP contribution in [0.15, 0.2) is 54.7 Å². The number of hydrogen-bond donors (Lipinski definition) is 2. The van der Waals surface area contributed by atoms with E-state index in [-0.39, 0.29) is 5.91 Å². The fourth-order valence-electron chi connectivity index (χ4n) is 3.10. The van der Waals surface area contributed by atoms with Crippen LogP contribution >= 0.6 is 0 Å². The van der Waals surface area contributed by atoms with E-state index in [0.29, 0.717) is 24.6 Å². The largest absolute Gasteiger partial charge is 0.497 e. The van der Waals surface area contributed by atoms with Gasteiger partial charge in [-0.05, 0) is 54.7 Å². The van der Waals surface area contributed by atoms with Gasteiger partial charge in [0.2, 0.25) is 5.95 Å². The molecule has 6 nitrogen and oxygen atoms in total. The van der Waals surface area contributed by atoms with Crippen molar-refractivity contribution in [3.05, 3.63) is 77.1 Å². The van der Waals surface area contributed by atoms with Crippen molar-refractivity contribution in [3.63, 3.8) is 0 Å².